The molecule has 4 rings (SSSR count). The first-order valence-corrected chi connectivity index (χ1v) is 12.5. The molecule has 0 saturated carbocycles. The highest BCUT2D eigenvalue weighted by Crippen LogP contribution is 2.40. The van der Waals surface area contributed by atoms with Crippen molar-refractivity contribution in [3.8, 4) is 0 Å². The number of rotatable bonds is 8. The summed E-state index contributed by atoms with van der Waals surface area (Å²) >= 11 is 4.56. The fourth-order valence-electron chi connectivity index (χ4n) is 3.18. The molecule has 0 spiro atoms. The van der Waals surface area contributed by atoms with Gasteiger partial charge in [-0.15, -0.1) is 10.2 Å². The molecule has 1 unspecified atom stereocenters. The zero-order valence-corrected chi connectivity index (χ0v) is 19.6. The van der Waals surface area contributed by atoms with E-state index in [0.29, 0.717) is 11.6 Å². The number of unbranched alkanes of at least 4 members (excludes halogenated alkanes) is 1. The Kier molecular flexibility index (Phi) is 6.70. The third-order valence-electron chi connectivity index (χ3n) is 4.97. The Bertz CT molecular complexity index is 1040. The molecular formula is C21H23N5OS3. The molecule has 1 amide bonds. The van der Waals surface area contributed by atoms with E-state index in [1.807, 2.05) is 13.8 Å². The zero-order chi connectivity index (χ0) is 21.1. The second kappa shape index (κ2) is 9.45. The molecule has 2 aliphatic heterocycles. The first-order valence-electron chi connectivity index (χ1n) is 9.91. The fourth-order valence-corrected chi connectivity index (χ4v) is 5.94. The predicted molar refractivity (Wildman–Crippen MR) is 128 cm³/mol. The van der Waals surface area contributed by atoms with Gasteiger partial charge in [0.25, 0.3) is 5.91 Å². The van der Waals surface area contributed by atoms with Gasteiger partial charge in [-0.05, 0) is 54.9 Å². The topological polar surface area (TPSA) is 79.6 Å². The van der Waals surface area contributed by atoms with Crippen LogP contribution in [0.4, 0.5) is 10.8 Å². The van der Waals surface area contributed by atoms with Crippen molar-refractivity contribution in [1.29, 1.82) is 0 Å². The zero-order valence-electron chi connectivity index (χ0n) is 17.1. The summed E-state index contributed by atoms with van der Waals surface area (Å²) in [5.74, 6) is 0.675. The van der Waals surface area contributed by atoms with Crippen LogP contribution in [0.25, 0.3) is 0 Å². The van der Waals surface area contributed by atoms with Gasteiger partial charge in [0.2, 0.25) is 5.13 Å². The molecule has 3 heterocycles. The van der Waals surface area contributed by atoms with E-state index in [-0.39, 0.29) is 11.8 Å². The predicted octanol–water partition coefficient (Wildman–Crippen LogP) is 5.71. The third-order valence-corrected chi connectivity index (χ3v) is 8.11. The molecule has 0 radical (unpaired) electrons. The molecule has 0 saturated heterocycles. The number of hydrogen-bond donors (Lipinski definition) is 1. The van der Waals surface area contributed by atoms with Crippen LogP contribution in [0.15, 0.2) is 49.1 Å². The average Bonchev–Trinajstić information content (AvgIpc) is 3.30. The number of carbonyl (C=O) groups excluding carboxylic acids is 1. The average molecular weight is 458 g/mol. The number of carbonyl (C=O) groups is 1. The molecule has 6 nitrogen and oxygen atoms in total. The molecular weight excluding hydrogens is 434 g/mol. The lowest BCUT2D eigenvalue weighted by Crippen LogP contribution is -2.25. The number of nitrogens with zero attached hydrogens (tertiary/aromatic N) is 4. The van der Waals surface area contributed by atoms with Gasteiger partial charge in [-0.2, -0.15) is 4.99 Å². The quantitative estimate of drug-likeness (QED) is 0.511. The Morgan fingerprint density at radius 3 is 2.70 bits per heavy atom. The van der Waals surface area contributed by atoms with Crippen LogP contribution >= 0.6 is 34.9 Å². The number of aromatic nitrogens is 2. The minimum absolute atomic E-state index is 0.112. The number of amides is 1. The molecule has 9 heteroatoms. The van der Waals surface area contributed by atoms with Crippen LogP contribution in [0.2, 0.25) is 0 Å². The molecule has 0 fully saturated rings. The van der Waals surface area contributed by atoms with E-state index in [1.54, 1.807) is 11.8 Å². The van der Waals surface area contributed by atoms with Gasteiger partial charge in [0.1, 0.15) is 11.8 Å². The number of allylic oxidation sites excluding steroid dienone is 1. The van der Waals surface area contributed by atoms with E-state index in [2.05, 4.69) is 56.7 Å². The maximum atomic E-state index is 12.4. The number of fused-ring (bicyclic) bond motifs is 1. The van der Waals surface area contributed by atoms with Gasteiger partial charge in [0.15, 0.2) is 4.34 Å². The number of aliphatic imine (C=N–C) groups is 2. The number of benzene rings is 1. The number of anilines is 2. The van der Waals surface area contributed by atoms with Gasteiger partial charge >= 0.3 is 0 Å². The monoisotopic (exact) mass is 457 g/mol. The number of amidine groups is 1. The van der Waals surface area contributed by atoms with Crippen molar-refractivity contribution in [2.24, 2.45) is 15.9 Å². The Morgan fingerprint density at radius 2 is 1.93 bits per heavy atom. The molecule has 1 aromatic carbocycles. The SMILES string of the molecule is CCCCc1ccc(Nc2nnc(SCC3=NC(=O)C4C(=N3)SC(C)=C4C)s2)cc1. The largest absolute Gasteiger partial charge is 0.330 e. The van der Waals surface area contributed by atoms with Gasteiger partial charge in [0, 0.05) is 5.69 Å². The van der Waals surface area contributed by atoms with E-state index < -0.39 is 0 Å². The number of hydrogen-bond acceptors (Lipinski definition) is 8. The molecule has 2 aliphatic rings. The van der Waals surface area contributed by atoms with Crippen molar-refractivity contribution in [3.05, 3.63) is 40.3 Å². The van der Waals surface area contributed by atoms with E-state index in [0.717, 1.165) is 37.1 Å². The summed E-state index contributed by atoms with van der Waals surface area (Å²) in [7, 11) is 0. The standard InChI is InChI=1S/C21H23N5OS3/c1-4-5-6-14-7-9-15(10-8-14)22-20-25-26-21(30-20)28-11-16-23-18(27)17-12(2)13(3)29-19(17)24-16/h7-10,17H,4-6,11H2,1-3H3,(H,22,25). The number of thioether (sulfide) groups is 2. The minimum Gasteiger partial charge on any atom is -0.330 e. The minimum atomic E-state index is -0.269. The van der Waals surface area contributed by atoms with Crippen LogP contribution in [0.5, 0.6) is 0 Å². The molecule has 0 bridgehead atoms. The number of aryl methyl sites for hydroxylation is 1. The van der Waals surface area contributed by atoms with Crippen LogP contribution in [-0.2, 0) is 11.2 Å². The van der Waals surface area contributed by atoms with Crippen LogP contribution in [0, 0.1) is 5.92 Å². The van der Waals surface area contributed by atoms with Gasteiger partial charge < -0.3 is 5.32 Å². The molecule has 0 aliphatic carbocycles. The van der Waals surface area contributed by atoms with Gasteiger partial charge in [-0.3, -0.25) is 4.79 Å². The number of nitrogens with one attached hydrogen (secondary N) is 1. The molecule has 1 aromatic heterocycles. The highest BCUT2D eigenvalue weighted by atomic mass is 32.2. The van der Waals surface area contributed by atoms with Crippen LogP contribution < -0.4 is 5.32 Å². The Balaban J connectivity index is 1.33. The van der Waals surface area contributed by atoms with Gasteiger partial charge in [-0.25, -0.2) is 4.99 Å². The third kappa shape index (κ3) is 4.84. The summed E-state index contributed by atoms with van der Waals surface area (Å²) in [4.78, 5) is 22.3. The van der Waals surface area contributed by atoms with E-state index in [4.69, 9.17) is 0 Å². The van der Waals surface area contributed by atoms with E-state index >= 15 is 0 Å². The van der Waals surface area contributed by atoms with Crippen molar-refractivity contribution < 1.29 is 4.79 Å². The normalized spacial score (nSPS) is 18.4. The van der Waals surface area contributed by atoms with E-state index in [1.165, 1.54) is 41.5 Å². The Hall–Kier alpha value is -1.97. The lowest BCUT2D eigenvalue weighted by Gasteiger charge is -2.14. The highest BCUT2D eigenvalue weighted by molar-refractivity contribution is 8.17. The van der Waals surface area contributed by atoms with Gasteiger partial charge in [-0.1, -0.05) is 60.3 Å². The second-order valence-corrected chi connectivity index (χ2v) is 10.6. The molecule has 30 heavy (non-hydrogen) atoms. The smallest absolute Gasteiger partial charge is 0.261 e. The Labute approximate surface area is 188 Å². The summed E-state index contributed by atoms with van der Waals surface area (Å²) in [5, 5.41) is 13.3. The molecule has 156 valence electrons. The molecule has 2 aromatic rings. The first kappa shape index (κ1) is 21.3. The summed E-state index contributed by atoms with van der Waals surface area (Å²) in [6.45, 7) is 6.21. The van der Waals surface area contributed by atoms with Crippen molar-refractivity contribution in [3.63, 3.8) is 0 Å². The van der Waals surface area contributed by atoms with Crippen molar-refractivity contribution >= 4 is 62.5 Å². The van der Waals surface area contributed by atoms with Crippen molar-refractivity contribution in [1.82, 2.24) is 10.2 Å². The van der Waals surface area contributed by atoms with Crippen LogP contribution in [0.3, 0.4) is 0 Å². The maximum Gasteiger partial charge on any atom is 0.261 e. The summed E-state index contributed by atoms with van der Waals surface area (Å²) in [5.41, 5.74) is 3.42. The summed E-state index contributed by atoms with van der Waals surface area (Å²) < 4.78 is 0.819. The Morgan fingerprint density at radius 1 is 1.13 bits per heavy atom. The van der Waals surface area contributed by atoms with Crippen LogP contribution in [-0.4, -0.2) is 32.7 Å². The van der Waals surface area contributed by atoms with E-state index in [9.17, 15) is 4.79 Å². The van der Waals surface area contributed by atoms with Crippen LogP contribution in [0.1, 0.15) is 39.2 Å². The molecule has 1 N–H and O–H groups in total. The maximum absolute atomic E-state index is 12.4. The van der Waals surface area contributed by atoms with Gasteiger partial charge in [0.05, 0.1) is 10.8 Å². The lowest BCUT2D eigenvalue weighted by molar-refractivity contribution is -0.118. The summed E-state index contributed by atoms with van der Waals surface area (Å²) in [6.07, 6.45) is 3.52. The van der Waals surface area contributed by atoms with Crippen molar-refractivity contribution in [2.75, 3.05) is 11.1 Å². The fraction of sp³-hybridized carbons (Fsp3) is 0.381. The highest BCUT2D eigenvalue weighted by Gasteiger charge is 2.36. The molecule has 1 atom stereocenters. The van der Waals surface area contributed by atoms with Crippen molar-refractivity contribution in [2.45, 2.75) is 44.4 Å². The summed E-state index contributed by atoms with van der Waals surface area (Å²) in [6, 6.07) is 8.45. The second-order valence-electron chi connectivity index (χ2n) is 7.18. The lowest BCUT2D eigenvalue weighted by atomic mass is 10.0. The first-order chi connectivity index (χ1) is 14.5.